The molecule has 1 N–H and O–H groups in total. The highest BCUT2D eigenvalue weighted by molar-refractivity contribution is 6.03. The number of carbonyl (C=O) groups excluding carboxylic acids is 1. The quantitative estimate of drug-likeness (QED) is 0.642. The zero-order chi connectivity index (χ0) is 21.6. The lowest BCUT2D eigenvalue weighted by atomic mass is 9.98. The van der Waals surface area contributed by atoms with Gasteiger partial charge in [-0.2, -0.15) is 0 Å². The van der Waals surface area contributed by atoms with Gasteiger partial charge in [-0.3, -0.25) is 4.79 Å². The fourth-order valence-electron chi connectivity index (χ4n) is 4.31. The second kappa shape index (κ2) is 7.56. The van der Waals surface area contributed by atoms with E-state index in [1.165, 1.54) is 18.2 Å². The van der Waals surface area contributed by atoms with Gasteiger partial charge in [-0.25, -0.2) is 18.7 Å². The Labute approximate surface area is 177 Å². The van der Waals surface area contributed by atoms with Crippen molar-refractivity contribution in [2.45, 2.75) is 31.6 Å². The summed E-state index contributed by atoms with van der Waals surface area (Å²) in [7, 11) is 0. The van der Waals surface area contributed by atoms with Gasteiger partial charge in [0.1, 0.15) is 28.5 Å². The van der Waals surface area contributed by atoms with Gasteiger partial charge in [-0.15, -0.1) is 0 Å². The van der Waals surface area contributed by atoms with Crippen LogP contribution in [-0.4, -0.2) is 40.1 Å². The molecule has 1 aliphatic carbocycles. The number of carbonyl (C=O) groups is 1. The number of aromatic nitrogens is 3. The molecule has 4 heterocycles. The predicted molar refractivity (Wildman–Crippen MR) is 109 cm³/mol. The molecule has 5 rings (SSSR count). The highest BCUT2D eigenvalue weighted by atomic mass is 19.3. The number of pyridine rings is 2. The fourth-order valence-corrected chi connectivity index (χ4v) is 4.31. The number of anilines is 1. The Morgan fingerprint density at radius 3 is 3.03 bits per heavy atom. The third-order valence-electron chi connectivity index (χ3n) is 6.04. The molecular formula is C22H22F2N4O3. The number of alkyl halides is 2. The summed E-state index contributed by atoms with van der Waals surface area (Å²) in [5.74, 6) is 0.463. The molecule has 162 valence electrons. The van der Waals surface area contributed by atoms with Gasteiger partial charge in [0.2, 0.25) is 0 Å². The van der Waals surface area contributed by atoms with Gasteiger partial charge in [0, 0.05) is 30.5 Å². The smallest absolute Gasteiger partial charge is 0.280 e. The van der Waals surface area contributed by atoms with Gasteiger partial charge in [-0.05, 0) is 37.8 Å². The standard InChI is InChI=1S/C22H22F2N4O3/c1-2-31-17-8-19-27-18(22-9-13(22)6-7-30-12-22)11-28(19)10-16(17)26-21(29)15-5-3-4-14(25-15)20(23)24/h3-5,8,10-11,13,20H,2,6-7,9,12H2,1H3,(H,26,29)/t13-,22-/m0/s1. The predicted octanol–water partition coefficient (Wildman–Crippen LogP) is 4.00. The lowest BCUT2D eigenvalue weighted by Gasteiger charge is -2.20. The molecule has 2 fully saturated rings. The van der Waals surface area contributed by atoms with Crippen molar-refractivity contribution in [3.8, 4) is 5.75 Å². The Hall–Kier alpha value is -3.07. The summed E-state index contributed by atoms with van der Waals surface area (Å²) in [6.07, 6.45) is 3.06. The maximum absolute atomic E-state index is 12.9. The van der Waals surface area contributed by atoms with E-state index in [1.54, 1.807) is 12.3 Å². The van der Waals surface area contributed by atoms with Crippen LogP contribution < -0.4 is 10.1 Å². The minimum absolute atomic E-state index is 0.0148. The van der Waals surface area contributed by atoms with Crippen LogP contribution in [0.25, 0.3) is 5.65 Å². The topological polar surface area (TPSA) is 77.8 Å². The molecular weight excluding hydrogens is 406 g/mol. The van der Waals surface area contributed by atoms with Crippen molar-refractivity contribution in [3.05, 3.63) is 53.7 Å². The van der Waals surface area contributed by atoms with Crippen molar-refractivity contribution in [2.75, 3.05) is 25.1 Å². The summed E-state index contributed by atoms with van der Waals surface area (Å²) in [4.78, 5) is 21.2. The molecule has 0 bridgehead atoms. The number of fused-ring (bicyclic) bond motifs is 2. The average Bonchev–Trinajstić information content (AvgIpc) is 3.39. The van der Waals surface area contributed by atoms with Crippen LogP contribution >= 0.6 is 0 Å². The van der Waals surface area contributed by atoms with E-state index in [1.807, 2.05) is 17.5 Å². The summed E-state index contributed by atoms with van der Waals surface area (Å²) in [5.41, 5.74) is 1.55. The van der Waals surface area contributed by atoms with Gasteiger partial charge in [-0.1, -0.05) is 6.07 Å². The summed E-state index contributed by atoms with van der Waals surface area (Å²) in [5, 5.41) is 2.73. The second-order valence-electron chi connectivity index (χ2n) is 7.98. The normalized spacial score (nSPS) is 22.4. The minimum Gasteiger partial charge on any atom is -0.491 e. The van der Waals surface area contributed by atoms with Crippen LogP contribution in [0, 0.1) is 5.92 Å². The highest BCUT2D eigenvalue weighted by Crippen LogP contribution is 2.57. The molecule has 3 aromatic rings. The number of nitrogens with zero attached hydrogens (tertiary/aromatic N) is 3. The molecule has 1 saturated carbocycles. The lowest BCUT2D eigenvalue weighted by Crippen LogP contribution is -2.24. The van der Waals surface area contributed by atoms with E-state index in [-0.39, 0.29) is 11.1 Å². The maximum atomic E-state index is 12.9. The first-order valence-electron chi connectivity index (χ1n) is 10.3. The number of ether oxygens (including phenoxy) is 2. The van der Waals surface area contributed by atoms with Gasteiger partial charge >= 0.3 is 0 Å². The van der Waals surface area contributed by atoms with Crippen LogP contribution in [0.2, 0.25) is 0 Å². The van der Waals surface area contributed by atoms with E-state index in [0.29, 0.717) is 36.2 Å². The van der Waals surface area contributed by atoms with E-state index >= 15 is 0 Å². The van der Waals surface area contributed by atoms with E-state index in [2.05, 4.69) is 10.3 Å². The molecule has 0 aromatic carbocycles. The molecule has 0 radical (unpaired) electrons. The van der Waals surface area contributed by atoms with Crippen molar-refractivity contribution >= 4 is 17.2 Å². The third kappa shape index (κ3) is 3.52. The van der Waals surface area contributed by atoms with Crippen molar-refractivity contribution < 1.29 is 23.0 Å². The second-order valence-corrected chi connectivity index (χ2v) is 7.98. The zero-order valence-electron chi connectivity index (χ0n) is 17.0. The van der Waals surface area contributed by atoms with Crippen molar-refractivity contribution in [2.24, 2.45) is 5.92 Å². The van der Waals surface area contributed by atoms with Gasteiger partial charge < -0.3 is 19.2 Å². The largest absolute Gasteiger partial charge is 0.491 e. The van der Waals surface area contributed by atoms with E-state index < -0.39 is 18.0 Å². The van der Waals surface area contributed by atoms with Crippen molar-refractivity contribution in [3.63, 3.8) is 0 Å². The Kier molecular flexibility index (Phi) is 4.85. The monoisotopic (exact) mass is 428 g/mol. The van der Waals surface area contributed by atoms with Gasteiger partial charge in [0.15, 0.2) is 0 Å². The third-order valence-corrected chi connectivity index (χ3v) is 6.04. The first kappa shape index (κ1) is 19.9. The Balaban J connectivity index is 1.46. The molecule has 3 aromatic heterocycles. The molecule has 2 atom stereocenters. The van der Waals surface area contributed by atoms with Gasteiger partial charge in [0.25, 0.3) is 12.3 Å². The molecule has 1 aliphatic heterocycles. The molecule has 31 heavy (non-hydrogen) atoms. The SMILES string of the molecule is CCOc1cc2nc([C@@]34COCC[C@H]3C4)cn2cc1NC(=O)c1cccc(C(F)F)n1. The molecule has 7 nitrogen and oxygen atoms in total. The number of amides is 1. The van der Waals surface area contributed by atoms with E-state index in [0.717, 1.165) is 25.1 Å². The summed E-state index contributed by atoms with van der Waals surface area (Å²) >= 11 is 0. The number of hydrogen-bond acceptors (Lipinski definition) is 5. The first-order chi connectivity index (χ1) is 15.0. The lowest BCUT2D eigenvalue weighted by molar-refractivity contribution is 0.0739. The first-order valence-corrected chi connectivity index (χ1v) is 10.3. The Morgan fingerprint density at radius 1 is 1.39 bits per heavy atom. The van der Waals surface area contributed by atoms with Crippen molar-refractivity contribution in [1.29, 1.82) is 0 Å². The molecule has 0 unspecified atom stereocenters. The number of nitrogens with one attached hydrogen (secondary N) is 1. The number of imidazole rings is 1. The highest BCUT2D eigenvalue weighted by Gasteiger charge is 2.58. The average molecular weight is 428 g/mol. The van der Waals surface area contributed by atoms with Crippen LogP contribution in [0.3, 0.4) is 0 Å². The molecule has 1 amide bonds. The molecule has 2 aliphatic rings. The molecule has 0 spiro atoms. The van der Waals surface area contributed by atoms with Crippen molar-refractivity contribution in [1.82, 2.24) is 14.4 Å². The van der Waals surface area contributed by atoms with Crippen LogP contribution in [-0.2, 0) is 10.2 Å². The Bertz CT molecular complexity index is 1150. The van der Waals surface area contributed by atoms with E-state index in [9.17, 15) is 13.6 Å². The fraction of sp³-hybridized carbons (Fsp3) is 0.409. The minimum atomic E-state index is -2.75. The maximum Gasteiger partial charge on any atom is 0.280 e. The van der Waals surface area contributed by atoms with Crippen LogP contribution in [0.15, 0.2) is 36.7 Å². The summed E-state index contributed by atoms with van der Waals surface area (Å²) in [6.45, 7) is 3.71. The number of rotatable bonds is 6. The van der Waals surface area contributed by atoms with Gasteiger partial charge in [0.05, 0.1) is 18.9 Å². The Morgan fingerprint density at radius 2 is 2.26 bits per heavy atom. The van der Waals surface area contributed by atoms with Crippen LogP contribution in [0.1, 0.15) is 48.1 Å². The molecule has 1 saturated heterocycles. The van der Waals surface area contributed by atoms with Crippen LogP contribution in [0.4, 0.5) is 14.5 Å². The number of hydrogen-bond donors (Lipinski definition) is 1. The summed E-state index contributed by atoms with van der Waals surface area (Å²) < 4.78 is 39.1. The summed E-state index contributed by atoms with van der Waals surface area (Å²) in [6, 6.07) is 5.73. The van der Waals surface area contributed by atoms with Crippen LogP contribution in [0.5, 0.6) is 5.75 Å². The van der Waals surface area contributed by atoms with E-state index in [4.69, 9.17) is 14.5 Å². The molecule has 9 heteroatoms. The number of halogens is 2. The zero-order valence-corrected chi connectivity index (χ0v) is 17.0.